The van der Waals surface area contributed by atoms with Gasteiger partial charge in [-0.25, -0.2) is 8.42 Å². The van der Waals surface area contributed by atoms with E-state index in [0.29, 0.717) is 28.0 Å². The molecule has 0 heterocycles. The summed E-state index contributed by atoms with van der Waals surface area (Å²) in [5.41, 5.74) is 1.68. The van der Waals surface area contributed by atoms with Crippen LogP contribution in [0.2, 0.25) is 10.0 Å². The Morgan fingerprint density at radius 3 is 2.35 bits per heavy atom. The molecular weight excluding hydrogens is 609 g/mol. The van der Waals surface area contributed by atoms with Gasteiger partial charge in [-0.2, -0.15) is 0 Å². The number of amides is 2. The largest absolute Gasteiger partial charge is 0.492 e. The fraction of sp³-hybridized carbons (Fsp3) is 0.375. The molecule has 0 unspecified atom stereocenters. The number of ether oxygens (including phenoxy) is 1. The summed E-state index contributed by atoms with van der Waals surface area (Å²) in [6.45, 7) is 4.98. The van der Waals surface area contributed by atoms with Crippen molar-refractivity contribution in [1.82, 2.24) is 10.2 Å². The second kappa shape index (κ2) is 14.5. The zero-order chi connectivity index (χ0) is 31.1. The van der Waals surface area contributed by atoms with Gasteiger partial charge in [-0.15, -0.1) is 0 Å². The Morgan fingerprint density at radius 2 is 1.70 bits per heavy atom. The number of sulfonamides is 1. The number of anilines is 1. The average Bonchev–Trinajstić information content (AvgIpc) is 3.49. The highest BCUT2D eigenvalue weighted by molar-refractivity contribution is 7.92. The molecular formula is C32H37Cl2N3O5S. The monoisotopic (exact) mass is 645 g/mol. The van der Waals surface area contributed by atoms with Crippen molar-refractivity contribution in [2.75, 3.05) is 17.5 Å². The number of halogens is 2. The first-order valence-corrected chi connectivity index (χ1v) is 16.6. The fourth-order valence-electron chi connectivity index (χ4n) is 5.10. The number of aryl methyl sites for hydroxylation is 1. The molecule has 1 fully saturated rings. The lowest BCUT2D eigenvalue weighted by atomic mass is 10.1. The highest BCUT2D eigenvalue weighted by Gasteiger charge is 2.34. The minimum Gasteiger partial charge on any atom is -0.492 e. The third-order valence-corrected chi connectivity index (χ3v) is 9.91. The highest BCUT2D eigenvalue weighted by Crippen LogP contribution is 2.33. The topological polar surface area (TPSA) is 96.0 Å². The zero-order valence-electron chi connectivity index (χ0n) is 24.6. The molecule has 0 radical (unpaired) electrons. The van der Waals surface area contributed by atoms with E-state index in [1.54, 1.807) is 68.4 Å². The summed E-state index contributed by atoms with van der Waals surface area (Å²) in [6, 6.07) is 17.1. The Bertz CT molecular complexity index is 1540. The third kappa shape index (κ3) is 8.02. The highest BCUT2D eigenvalue weighted by atomic mass is 35.5. The van der Waals surface area contributed by atoms with E-state index in [4.69, 9.17) is 27.9 Å². The van der Waals surface area contributed by atoms with Gasteiger partial charge in [0.15, 0.2) is 0 Å². The van der Waals surface area contributed by atoms with Crippen molar-refractivity contribution < 1.29 is 22.7 Å². The van der Waals surface area contributed by atoms with Crippen molar-refractivity contribution in [2.45, 2.75) is 70.0 Å². The molecule has 2 amide bonds. The second-order valence-corrected chi connectivity index (χ2v) is 13.4. The van der Waals surface area contributed by atoms with Crippen LogP contribution in [0.5, 0.6) is 5.75 Å². The van der Waals surface area contributed by atoms with Crippen molar-refractivity contribution in [3.05, 3.63) is 87.9 Å². The predicted octanol–water partition coefficient (Wildman–Crippen LogP) is 6.37. The molecule has 0 spiro atoms. The summed E-state index contributed by atoms with van der Waals surface area (Å²) in [6.07, 6.45) is 3.83. The molecule has 1 aliphatic carbocycles. The molecule has 3 aromatic rings. The Kier molecular flexibility index (Phi) is 11.0. The number of nitrogens with one attached hydrogen (secondary N) is 1. The number of carbonyl (C=O) groups excluding carboxylic acids is 2. The zero-order valence-corrected chi connectivity index (χ0v) is 26.9. The van der Waals surface area contributed by atoms with Crippen molar-refractivity contribution in [3.8, 4) is 5.75 Å². The minimum atomic E-state index is -4.23. The van der Waals surface area contributed by atoms with Gasteiger partial charge < -0.3 is 15.0 Å². The van der Waals surface area contributed by atoms with E-state index in [9.17, 15) is 18.0 Å². The molecule has 0 aromatic heterocycles. The maximum atomic E-state index is 14.2. The van der Waals surface area contributed by atoms with Crippen LogP contribution in [0.3, 0.4) is 0 Å². The van der Waals surface area contributed by atoms with E-state index < -0.39 is 28.5 Å². The van der Waals surface area contributed by atoms with Crippen LogP contribution in [0.15, 0.2) is 71.6 Å². The van der Waals surface area contributed by atoms with E-state index >= 15 is 0 Å². The van der Waals surface area contributed by atoms with Crippen LogP contribution in [0.25, 0.3) is 0 Å². The maximum Gasteiger partial charge on any atom is 0.264 e. The number of rotatable bonds is 12. The molecule has 3 aromatic carbocycles. The Labute approximate surface area is 264 Å². The Morgan fingerprint density at radius 1 is 1.02 bits per heavy atom. The number of nitrogens with zero attached hydrogens (tertiary/aromatic N) is 2. The number of hydrogen-bond donors (Lipinski definition) is 1. The van der Waals surface area contributed by atoms with E-state index in [2.05, 4.69) is 5.32 Å². The van der Waals surface area contributed by atoms with E-state index in [1.807, 2.05) is 6.92 Å². The number of hydrogen-bond acceptors (Lipinski definition) is 5. The molecule has 4 rings (SSSR count). The summed E-state index contributed by atoms with van der Waals surface area (Å²) < 4.78 is 35.1. The van der Waals surface area contributed by atoms with Crippen LogP contribution in [0.1, 0.15) is 50.7 Å². The molecule has 11 heteroatoms. The van der Waals surface area contributed by atoms with Crippen molar-refractivity contribution >= 4 is 50.7 Å². The molecule has 230 valence electrons. The summed E-state index contributed by atoms with van der Waals surface area (Å²) in [5.74, 6) is -0.581. The summed E-state index contributed by atoms with van der Waals surface area (Å²) in [5, 5.41) is 3.82. The van der Waals surface area contributed by atoms with Gasteiger partial charge in [0.25, 0.3) is 10.0 Å². The van der Waals surface area contributed by atoms with Gasteiger partial charge in [-0.3, -0.25) is 13.9 Å². The Hall–Kier alpha value is -3.27. The van der Waals surface area contributed by atoms with Gasteiger partial charge in [-0.05, 0) is 75.6 Å². The standard InChI is InChI=1S/C32H37Cl2N3O5S/c1-4-42-30-12-8-7-11-29(30)37(43(40,41)27-17-13-22(2)14-18-27)21-31(38)36(20-24-15-16-25(33)19-28(24)34)23(3)32(39)35-26-9-5-6-10-26/h7-8,11-19,23,26H,4-6,9-10,20-21H2,1-3H3,(H,35,39)/t23-/m1/s1. The molecule has 1 saturated carbocycles. The van der Waals surface area contributed by atoms with Crippen LogP contribution < -0.4 is 14.4 Å². The lowest BCUT2D eigenvalue weighted by Crippen LogP contribution is -2.52. The Balaban J connectivity index is 1.74. The van der Waals surface area contributed by atoms with Crippen molar-refractivity contribution in [3.63, 3.8) is 0 Å². The molecule has 1 N–H and O–H groups in total. The summed E-state index contributed by atoms with van der Waals surface area (Å²) in [7, 11) is -4.23. The molecule has 0 saturated heterocycles. The quantitative estimate of drug-likeness (QED) is 0.247. The first-order valence-electron chi connectivity index (χ1n) is 14.4. The van der Waals surface area contributed by atoms with Crippen molar-refractivity contribution in [1.29, 1.82) is 0 Å². The lowest BCUT2D eigenvalue weighted by Gasteiger charge is -2.33. The predicted molar refractivity (Wildman–Crippen MR) is 170 cm³/mol. The van der Waals surface area contributed by atoms with E-state index in [0.717, 1.165) is 35.6 Å². The normalized spacial score (nSPS) is 14.3. The first-order chi connectivity index (χ1) is 20.5. The van der Waals surface area contributed by atoms with Gasteiger partial charge in [0.1, 0.15) is 18.3 Å². The molecule has 8 nitrogen and oxygen atoms in total. The van der Waals surface area contributed by atoms with E-state index in [1.165, 1.54) is 17.0 Å². The van der Waals surface area contributed by atoms with Gasteiger partial charge in [0.05, 0.1) is 17.2 Å². The van der Waals surface area contributed by atoms with Gasteiger partial charge in [-0.1, -0.05) is 71.9 Å². The maximum absolute atomic E-state index is 14.2. The fourth-order valence-corrected chi connectivity index (χ4v) is 6.99. The molecule has 0 bridgehead atoms. The van der Waals surface area contributed by atoms with Gasteiger partial charge >= 0.3 is 0 Å². The smallest absolute Gasteiger partial charge is 0.264 e. The van der Waals surface area contributed by atoms with Crippen LogP contribution >= 0.6 is 23.2 Å². The molecule has 1 atom stereocenters. The lowest BCUT2D eigenvalue weighted by molar-refractivity contribution is -0.139. The summed E-state index contributed by atoms with van der Waals surface area (Å²) in [4.78, 5) is 29.0. The van der Waals surface area contributed by atoms with Crippen LogP contribution in [-0.4, -0.2) is 50.4 Å². The van der Waals surface area contributed by atoms with Crippen molar-refractivity contribution in [2.24, 2.45) is 0 Å². The molecule has 1 aliphatic rings. The number of benzene rings is 3. The van der Waals surface area contributed by atoms with Crippen LogP contribution in [-0.2, 0) is 26.2 Å². The van der Waals surface area contributed by atoms with Crippen LogP contribution in [0, 0.1) is 6.92 Å². The van der Waals surface area contributed by atoms with Gasteiger partial charge in [0.2, 0.25) is 11.8 Å². The van der Waals surface area contributed by atoms with Gasteiger partial charge in [0, 0.05) is 22.6 Å². The first kappa shape index (κ1) is 32.6. The number of para-hydroxylation sites is 2. The SMILES string of the molecule is CCOc1ccccc1N(CC(=O)N(Cc1ccc(Cl)cc1Cl)[C@H](C)C(=O)NC1CCCC1)S(=O)(=O)c1ccc(C)cc1. The molecule has 43 heavy (non-hydrogen) atoms. The third-order valence-electron chi connectivity index (χ3n) is 7.55. The second-order valence-electron chi connectivity index (χ2n) is 10.6. The number of carbonyl (C=O) groups is 2. The van der Waals surface area contributed by atoms with E-state index in [-0.39, 0.29) is 29.1 Å². The van der Waals surface area contributed by atoms with Crippen LogP contribution in [0.4, 0.5) is 5.69 Å². The summed E-state index contributed by atoms with van der Waals surface area (Å²) >= 11 is 12.6. The average molecular weight is 647 g/mol. The minimum absolute atomic E-state index is 0.0246. The molecule has 0 aliphatic heterocycles.